The number of amides is 2. The fourth-order valence-corrected chi connectivity index (χ4v) is 5.26. The molecule has 2 aliphatic rings. The average Bonchev–Trinajstić information content (AvgIpc) is 2.89. The maximum Gasteiger partial charge on any atom is 0.254 e. The van der Waals surface area contributed by atoms with Crippen molar-refractivity contribution in [3.63, 3.8) is 0 Å². The Kier molecular flexibility index (Phi) is 6.63. The van der Waals surface area contributed by atoms with Crippen LogP contribution >= 0.6 is 0 Å². The van der Waals surface area contributed by atoms with Gasteiger partial charge in [0.1, 0.15) is 5.82 Å². The van der Waals surface area contributed by atoms with E-state index in [9.17, 15) is 14.0 Å². The summed E-state index contributed by atoms with van der Waals surface area (Å²) in [5.41, 5.74) is 4.01. The summed E-state index contributed by atoms with van der Waals surface area (Å²) in [6.07, 6.45) is 0.663. The third-order valence-electron chi connectivity index (χ3n) is 6.85. The summed E-state index contributed by atoms with van der Waals surface area (Å²) in [6, 6.07) is 16.8. The summed E-state index contributed by atoms with van der Waals surface area (Å²) in [4.78, 5) is 29.1. The summed E-state index contributed by atoms with van der Waals surface area (Å²) in [5, 5.41) is 3.02. The van der Waals surface area contributed by atoms with Crippen LogP contribution < -0.4 is 14.8 Å². The highest BCUT2D eigenvalue weighted by molar-refractivity contribution is 6.01. The lowest BCUT2D eigenvalue weighted by atomic mass is 9.75. The smallest absolute Gasteiger partial charge is 0.254 e. The minimum Gasteiger partial charge on any atom is -0.490 e. The molecule has 3 aromatic rings. The van der Waals surface area contributed by atoms with Crippen molar-refractivity contribution in [3.8, 4) is 11.5 Å². The van der Waals surface area contributed by atoms with E-state index in [1.54, 1.807) is 18.2 Å². The molecule has 1 N–H and O–H groups in total. The van der Waals surface area contributed by atoms with E-state index in [-0.39, 0.29) is 24.2 Å². The Morgan fingerprint density at radius 1 is 1.00 bits per heavy atom. The SMILES string of the molecule is CCOc1cc2c(cc1OCC)[C@H]1[C@@H](C(=O)NCc3ccc(F)cc3)c3ccccc3C(=O)N1CC2. The molecule has 0 fully saturated rings. The van der Waals surface area contributed by atoms with Crippen LogP contribution in [-0.4, -0.2) is 36.5 Å². The van der Waals surface area contributed by atoms with Gasteiger partial charge in [-0.25, -0.2) is 4.39 Å². The van der Waals surface area contributed by atoms with Crippen molar-refractivity contribution in [1.82, 2.24) is 10.2 Å². The minimum absolute atomic E-state index is 0.0734. The predicted octanol–water partition coefficient (Wildman–Crippen LogP) is 4.78. The lowest BCUT2D eigenvalue weighted by Gasteiger charge is -2.45. The average molecular weight is 489 g/mol. The molecule has 2 aliphatic heterocycles. The Morgan fingerprint density at radius 3 is 2.42 bits per heavy atom. The van der Waals surface area contributed by atoms with Crippen molar-refractivity contribution in [3.05, 3.63) is 94.3 Å². The summed E-state index contributed by atoms with van der Waals surface area (Å²) in [7, 11) is 0. The van der Waals surface area contributed by atoms with Crippen molar-refractivity contribution in [2.24, 2.45) is 0 Å². The second kappa shape index (κ2) is 10.0. The summed E-state index contributed by atoms with van der Waals surface area (Å²) in [6.45, 7) is 5.58. The molecule has 186 valence electrons. The number of hydrogen-bond acceptors (Lipinski definition) is 4. The van der Waals surface area contributed by atoms with Gasteiger partial charge in [-0.2, -0.15) is 0 Å². The second-order valence-corrected chi connectivity index (χ2v) is 8.97. The standard InChI is InChI=1S/C29H29FN2O4/c1-3-35-24-15-19-13-14-32-27(23(19)16-25(24)36-4-2)26(21-7-5-6-8-22(21)29(32)34)28(33)31-17-18-9-11-20(30)12-10-18/h5-12,15-16,26-27H,3-4,13-14,17H2,1-2H3,(H,31,33)/t26-,27-/m0/s1. The van der Waals surface area contributed by atoms with E-state index in [0.717, 1.165) is 16.7 Å². The van der Waals surface area contributed by atoms with Crippen molar-refractivity contribution in [2.45, 2.75) is 38.8 Å². The van der Waals surface area contributed by atoms with E-state index in [2.05, 4.69) is 5.32 Å². The first kappa shape index (κ1) is 23.9. The number of hydrogen-bond donors (Lipinski definition) is 1. The van der Waals surface area contributed by atoms with Crippen LogP contribution in [0.3, 0.4) is 0 Å². The maximum absolute atomic E-state index is 13.8. The van der Waals surface area contributed by atoms with Gasteiger partial charge in [-0.15, -0.1) is 0 Å². The number of benzene rings is 3. The zero-order valence-electron chi connectivity index (χ0n) is 20.4. The zero-order chi connectivity index (χ0) is 25.2. The zero-order valence-corrected chi connectivity index (χ0v) is 20.4. The molecule has 3 aromatic carbocycles. The Labute approximate surface area is 210 Å². The summed E-state index contributed by atoms with van der Waals surface area (Å²) < 4.78 is 25.0. The maximum atomic E-state index is 13.8. The van der Waals surface area contributed by atoms with Gasteiger partial charge in [0.25, 0.3) is 5.91 Å². The molecule has 0 aromatic heterocycles. The highest BCUT2D eigenvalue weighted by Gasteiger charge is 2.46. The molecule has 7 heteroatoms. The predicted molar refractivity (Wildman–Crippen MR) is 134 cm³/mol. The monoisotopic (exact) mass is 488 g/mol. The number of ether oxygens (including phenoxy) is 2. The topological polar surface area (TPSA) is 67.9 Å². The van der Waals surface area contributed by atoms with Gasteiger partial charge in [0.05, 0.1) is 25.2 Å². The summed E-state index contributed by atoms with van der Waals surface area (Å²) in [5.74, 6) is 0.0920. The summed E-state index contributed by atoms with van der Waals surface area (Å²) >= 11 is 0. The van der Waals surface area contributed by atoms with Crippen LogP contribution in [-0.2, 0) is 17.8 Å². The van der Waals surface area contributed by atoms with Gasteiger partial charge >= 0.3 is 0 Å². The molecule has 6 nitrogen and oxygen atoms in total. The Balaban J connectivity index is 1.57. The molecule has 0 spiro atoms. The molecule has 0 radical (unpaired) electrons. The normalized spacial score (nSPS) is 18.1. The molecule has 0 saturated carbocycles. The first-order valence-corrected chi connectivity index (χ1v) is 12.4. The molecule has 0 saturated heterocycles. The molecule has 0 aliphatic carbocycles. The lowest BCUT2D eigenvalue weighted by Crippen LogP contribution is -2.50. The fourth-order valence-electron chi connectivity index (χ4n) is 5.26. The van der Waals surface area contributed by atoms with Gasteiger partial charge in [0, 0.05) is 18.7 Å². The van der Waals surface area contributed by atoms with Crippen molar-refractivity contribution in [2.75, 3.05) is 19.8 Å². The number of carbonyl (C=O) groups is 2. The van der Waals surface area contributed by atoms with Crippen LogP contribution in [0.5, 0.6) is 11.5 Å². The minimum atomic E-state index is -0.606. The number of fused-ring (bicyclic) bond motifs is 4. The highest BCUT2D eigenvalue weighted by atomic mass is 19.1. The first-order chi connectivity index (χ1) is 17.5. The van der Waals surface area contributed by atoms with Crippen LogP contribution in [0.25, 0.3) is 0 Å². The number of nitrogens with zero attached hydrogens (tertiary/aromatic N) is 1. The molecule has 5 rings (SSSR count). The Morgan fingerprint density at radius 2 is 1.69 bits per heavy atom. The molecule has 2 amide bonds. The van der Waals surface area contributed by atoms with Crippen LogP contribution in [0.1, 0.15) is 58.4 Å². The number of nitrogens with one attached hydrogen (secondary N) is 1. The molecule has 0 unspecified atom stereocenters. The van der Waals surface area contributed by atoms with Crippen molar-refractivity contribution < 1.29 is 23.5 Å². The van der Waals surface area contributed by atoms with Gasteiger partial charge in [-0.05, 0) is 72.9 Å². The van der Waals surface area contributed by atoms with Crippen LogP contribution in [0.15, 0.2) is 60.7 Å². The van der Waals surface area contributed by atoms with E-state index in [0.29, 0.717) is 48.8 Å². The van der Waals surface area contributed by atoms with E-state index < -0.39 is 12.0 Å². The van der Waals surface area contributed by atoms with Crippen LogP contribution in [0, 0.1) is 5.82 Å². The molecular formula is C29H29FN2O4. The number of carbonyl (C=O) groups excluding carboxylic acids is 2. The van der Waals surface area contributed by atoms with Crippen molar-refractivity contribution in [1.29, 1.82) is 0 Å². The fraction of sp³-hybridized carbons (Fsp3) is 0.310. The lowest BCUT2D eigenvalue weighted by molar-refractivity contribution is -0.124. The molecule has 2 atom stereocenters. The van der Waals surface area contributed by atoms with Gasteiger partial charge in [-0.1, -0.05) is 30.3 Å². The number of rotatable bonds is 7. The van der Waals surface area contributed by atoms with Crippen LogP contribution in [0.4, 0.5) is 4.39 Å². The number of halogens is 1. The van der Waals surface area contributed by atoms with E-state index in [1.165, 1.54) is 12.1 Å². The van der Waals surface area contributed by atoms with E-state index in [1.807, 2.05) is 49.1 Å². The van der Waals surface area contributed by atoms with Crippen molar-refractivity contribution >= 4 is 11.8 Å². The van der Waals surface area contributed by atoms with Gasteiger partial charge in [0.15, 0.2) is 11.5 Å². The molecule has 2 heterocycles. The molecule has 36 heavy (non-hydrogen) atoms. The molecule has 0 bridgehead atoms. The first-order valence-electron chi connectivity index (χ1n) is 12.4. The Hall–Kier alpha value is -3.87. The van der Waals surface area contributed by atoms with Gasteiger partial charge < -0.3 is 19.7 Å². The largest absolute Gasteiger partial charge is 0.490 e. The van der Waals surface area contributed by atoms with E-state index >= 15 is 0 Å². The van der Waals surface area contributed by atoms with Gasteiger partial charge in [-0.3, -0.25) is 9.59 Å². The third-order valence-corrected chi connectivity index (χ3v) is 6.85. The van der Waals surface area contributed by atoms with Crippen LogP contribution in [0.2, 0.25) is 0 Å². The molecular weight excluding hydrogens is 459 g/mol. The third kappa shape index (κ3) is 4.30. The second-order valence-electron chi connectivity index (χ2n) is 8.97. The van der Waals surface area contributed by atoms with E-state index in [4.69, 9.17) is 9.47 Å². The quantitative estimate of drug-likeness (QED) is 0.520. The Bertz CT molecular complexity index is 1290. The highest BCUT2D eigenvalue weighted by Crippen LogP contribution is 2.48. The van der Waals surface area contributed by atoms with Gasteiger partial charge in [0.2, 0.25) is 5.91 Å².